The molecule has 1 amide bonds. The molecule has 0 aliphatic carbocycles. The molecule has 3 rings (SSSR count). The van der Waals surface area contributed by atoms with Gasteiger partial charge in [0.25, 0.3) is 0 Å². The van der Waals surface area contributed by atoms with Crippen molar-refractivity contribution < 1.29 is 4.79 Å². The number of anilines is 1. The van der Waals surface area contributed by atoms with Crippen LogP contribution in [0.25, 0.3) is 0 Å². The van der Waals surface area contributed by atoms with Crippen LogP contribution in [0.4, 0.5) is 5.69 Å². The molecule has 1 aromatic heterocycles. The third kappa shape index (κ3) is 8.52. The van der Waals surface area contributed by atoms with Crippen LogP contribution < -0.4 is 10.6 Å². The Kier molecular flexibility index (Phi) is 11.4. The Hall–Kier alpha value is -1.27. The van der Waals surface area contributed by atoms with E-state index in [0.29, 0.717) is 12.3 Å². The van der Waals surface area contributed by atoms with Crippen molar-refractivity contribution in [2.24, 2.45) is 5.92 Å². The zero-order valence-electron chi connectivity index (χ0n) is 15.2. The maximum Gasteiger partial charge on any atom is 0.224 e. The van der Waals surface area contributed by atoms with Gasteiger partial charge in [0.2, 0.25) is 5.91 Å². The number of halogens is 2. The van der Waals surface area contributed by atoms with Crippen molar-refractivity contribution in [3.05, 3.63) is 54.4 Å². The second kappa shape index (κ2) is 13.0. The number of thioether (sulfide) groups is 1. The van der Waals surface area contributed by atoms with Crippen molar-refractivity contribution in [3.63, 3.8) is 0 Å². The van der Waals surface area contributed by atoms with E-state index in [1.54, 1.807) is 18.0 Å². The van der Waals surface area contributed by atoms with Crippen LogP contribution in [0.2, 0.25) is 0 Å². The van der Waals surface area contributed by atoms with Gasteiger partial charge in [-0.15, -0.1) is 36.6 Å². The van der Waals surface area contributed by atoms with Gasteiger partial charge in [0.1, 0.15) is 0 Å². The minimum absolute atomic E-state index is 0. The molecule has 4 nitrogen and oxygen atoms in total. The smallest absolute Gasteiger partial charge is 0.224 e. The van der Waals surface area contributed by atoms with Crippen LogP contribution in [-0.2, 0) is 10.5 Å². The van der Waals surface area contributed by atoms with Gasteiger partial charge in [-0.1, -0.05) is 6.07 Å². The molecule has 0 saturated carbocycles. The van der Waals surface area contributed by atoms with Gasteiger partial charge in [-0.2, -0.15) is 0 Å². The number of carbonyl (C=O) groups excluding carboxylic acids is 1. The molecule has 2 heterocycles. The first-order valence-corrected chi connectivity index (χ1v) is 9.90. The molecule has 0 spiro atoms. The van der Waals surface area contributed by atoms with E-state index in [4.69, 9.17) is 0 Å². The Balaban J connectivity index is 0.00000182. The summed E-state index contributed by atoms with van der Waals surface area (Å²) in [6.45, 7) is 2.18. The van der Waals surface area contributed by atoms with Crippen molar-refractivity contribution in [2.45, 2.75) is 36.3 Å². The quantitative estimate of drug-likeness (QED) is 0.614. The maximum absolute atomic E-state index is 12.1. The Morgan fingerprint density at radius 2 is 1.89 bits per heavy atom. The van der Waals surface area contributed by atoms with Crippen LogP contribution in [0.5, 0.6) is 0 Å². The minimum Gasteiger partial charge on any atom is -0.326 e. The molecule has 0 radical (unpaired) electrons. The van der Waals surface area contributed by atoms with Crippen molar-refractivity contribution >= 4 is 48.2 Å². The second-order valence-electron chi connectivity index (χ2n) is 6.45. The third-order valence-corrected chi connectivity index (χ3v) is 5.59. The molecule has 0 bridgehead atoms. The zero-order chi connectivity index (χ0) is 17.3. The molecule has 7 heteroatoms. The van der Waals surface area contributed by atoms with Gasteiger partial charge in [-0.3, -0.25) is 9.78 Å². The van der Waals surface area contributed by atoms with Crippen LogP contribution in [0, 0.1) is 5.92 Å². The number of amides is 1. The van der Waals surface area contributed by atoms with Crippen molar-refractivity contribution in [3.8, 4) is 0 Å². The average Bonchev–Trinajstić information content (AvgIpc) is 2.67. The van der Waals surface area contributed by atoms with Crippen molar-refractivity contribution in [2.75, 3.05) is 18.4 Å². The number of pyridine rings is 1. The molecule has 27 heavy (non-hydrogen) atoms. The topological polar surface area (TPSA) is 54.0 Å². The Morgan fingerprint density at radius 1 is 1.15 bits per heavy atom. The Morgan fingerprint density at radius 3 is 2.56 bits per heavy atom. The number of hydrogen-bond acceptors (Lipinski definition) is 4. The van der Waals surface area contributed by atoms with Crippen LogP contribution in [-0.4, -0.2) is 24.0 Å². The summed E-state index contributed by atoms with van der Waals surface area (Å²) >= 11 is 1.77. The van der Waals surface area contributed by atoms with Crippen molar-refractivity contribution in [1.29, 1.82) is 0 Å². The van der Waals surface area contributed by atoms with Crippen LogP contribution in [0.1, 0.15) is 31.2 Å². The molecular formula is C20H27Cl2N3OS. The second-order valence-corrected chi connectivity index (χ2v) is 7.50. The van der Waals surface area contributed by atoms with Gasteiger partial charge < -0.3 is 10.6 Å². The summed E-state index contributed by atoms with van der Waals surface area (Å²) in [5.41, 5.74) is 2.09. The monoisotopic (exact) mass is 427 g/mol. The van der Waals surface area contributed by atoms with Crippen LogP contribution in [0.3, 0.4) is 0 Å². The first kappa shape index (κ1) is 23.8. The van der Waals surface area contributed by atoms with Gasteiger partial charge in [0.15, 0.2) is 0 Å². The Labute approximate surface area is 178 Å². The number of nitrogens with one attached hydrogen (secondary N) is 2. The molecule has 1 fully saturated rings. The summed E-state index contributed by atoms with van der Waals surface area (Å²) in [7, 11) is 0. The number of hydrogen-bond donors (Lipinski definition) is 2. The summed E-state index contributed by atoms with van der Waals surface area (Å²) in [6.07, 6.45) is 7.67. The Bertz CT molecular complexity index is 665. The molecule has 148 valence electrons. The lowest BCUT2D eigenvalue weighted by Crippen LogP contribution is -2.28. The summed E-state index contributed by atoms with van der Waals surface area (Å²) in [5, 5.41) is 6.37. The number of benzene rings is 1. The summed E-state index contributed by atoms with van der Waals surface area (Å²) in [6, 6.07) is 12.1. The van der Waals surface area contributed by atoms with Crippen LogP contribution >= 0.6 is 36.6 Å². The first-order valence-electron chi connectivity index (χ1n) is 8.92. The number of carbonyl (C=O) groups is 1. The standard InChI is InChI=1S/C20H25N3OS.2ClH/c24-20(8-3-16-9-12-21-13-10-16)23-18-4-6-19(7-5-18)25-15-17-2-1-11-22-14-17;;/h1-2,4-7,11,14,16,21H,3,8-10,12-13,15H2,(H,23,24);2*1H. The summed E-state index contributed by atoms with van der Waals surface area (Å²) < 4.78 is 0. The summed E-state index contributed by atoms with van der Waals surface area (Å²) in [4.78, 5) is 17.4. The zero-order valence-corrected chi connectivity index (χ0v) is 17.7. The van der Waals surface area contributed by atoms with E-state index in [2.05, 4.69) is 33.8 Å². The lowest BCUT2D eigenvalue weighted by molar-refractivity contribution is -0.116. The van der Waals surface area contributed by atoms with Crippen LogP contribution in [0.15, 0.2) is 53.7 Å². The third-order valence-electron chi connectivity index (χ3n) is 4.50. The van der Waals surface area contributed by atoms with Gasteiger partial charge in [-0.25, -0.2) is 0 Å². The molecule has 2 aromatic rings. The number of piperidine rings is 1. The van der Waals surface area contributed by atoms with Gasteiger partial charge in [0.05, 0.1) is 0 Å². The predicted molar refractivity (Wildman–Crippen MR) is 118 cm³/mol. The molecule has 2 N–H and O–H groups in total. The molecular weight excluding hydrogens is 401 g/mol. The molecule has 1 aliphatic heterocycles. The highest BCUT2D eigenvalue weighted by molar-refractivity contribution is 7.98. The highest BCUT2D eigenvalue weighted by Gasteiger charge is 2.14. The molecule has 0 unspecified atom stereocenters. The fraction of sp³-hybridized carbons (Fsp3) is 0.400. The van der Waals surface area contributed by atoms with Gasteiger partial charge in [-0.05, 0) is 74.2 Å². The highest BCUT2D eigenvalue weighted by atomic mass is 35.5. The van der Waals surface area contributed by atoms with E-state index in [0.717, 1.165) is 31.0 Å². The van der Waals surface area contributed by atoms with Gasteiger partial charge in [0, 0.05) is 35.2 Å². The van der Waals surface area contributed by atoms with Crippen molar-refractivity contribution in [1.82, 2.24) is 10.3 Å². The normalized spacial score (nSPS) is 13.9. The fourth-order valence-electron chi connectivity index (χ4n) is 3.01. The van der Waals surface area contributed by atoms with E-state index < -0.39 is 0 Å². The van der Waals surface area contributed by atoms with E-state index in [1.165, 1.54) is 23.3 Å². The molecule has 1 aliphatic rings. The maximum atomic E-state index is 12.1. The highest BCUT2D eigenvalue weighted by Crippen LogP contribution is 2.24. The first-order chi connectivity index (χ1) is 12.3. The number of rotatable bonds is 7. The number of nitrogens with zero attached hydrogens (tertiary/aromatic N) is 1. The lowest BCUT2D eigenvalue weighted by Gasteiger charge is -2.22. The van der Waals surface area contributed by atoms with E-state index in [9.17, 15) is 4.79 Å². The SMILES string of the molecule is Cl.Cl.O=C(CCC1CCNCC1)Nc1ccc(SCc2cccnc2)cc1. The predicted octanol–water partition coefficient (Wildman–Crippen LogP) is 4.94. The fourth-order valence-corrected chi connectivity index (χ4v) is 3.85. The molecule has 1 aromatic carbocycles. The molecule has 0 atom stereocenters. The largest absolute Gasteiger partial charge is 0.326 e. The number of aromatic nitrogens is 1. The van der Waals surface area contributed by atoms with E-state index in [-0.39, 0.29) is 30.7 Å². The minimum atomic E-state index is 0. The lowest BCUT2D eigenvalue weighted by atomic mass is 9.93. The van der Waals surface area contributed by atoms with Gasteiger partial charge >= 0.3 is 0 Å². The van der Waals surface area contributed by atoms with E-state index in [1.807, 2.05) is 24.4 Å². The summed E-state index contributed by atoms with van der Waals surface area (Å²) in [5.74, 6) is 1.71. The van der Waals surface area contributed by atoms with E-state index >= 15 is 0 Å². The molecule has 1 saturated heterocycles. The average molecular weight is 428 g/mol.